The van der Waals surface area contributed by atoms with Gasteiger partial charge in [0.25, 0.3) is 5.91 Å². The van der Waals surface area contributed by atoms with Crippen LogP contribution < -0.4 is 5.32 Å². The number of carbonyl (C=O) groups is 1. The van der Waals surface area contributed by atoms with E-state index in [0.29, 0.717) is 0 Å². The second-order valence-electron chi connectivity index (χ2n) is 6.43. The van der Waals surface area contributed by atoms with Crippen molar-refractivity contribution in [3.63, 3.8) is 0 Å². The summed E-state index contributed by atoms with van der Waals surface area (Å²) in [6.45, 7) is 4.74. The number of hydrogen-bond acceptors (Lipinski definition) is 4. The van der Waals surface area contributed by atoms with Gasteiger partial charge in [0.15, 0.2) is 0 Å². The second kappa shape index (κ2) is 10.9. The lowest BCUT2D eigenvalue weighted by Crippen LogP contribution is -2.38. The number of likely N-dealkylation sites (tertiary alicyclic amines) is 1. The van der Waals surface area contributed by atoms with Gasteiger partial charge in [-0.25, -0.2) is 4.98 Å². The standard InChI is InChI=1S/C19H25N3OS.2ClH/c1-14-17(24-18(21-14)16-6-4-3-5-7-16)19(23)22-12-9-15(10-13-22)8-11-20-2;;/h3-7,15,20H,8-13H2,1-2H3;2*1H. The van der Waals surface area contributed by atoms with E-state index in [-0.39, 0.29) is 30.7 Å². The average molecular weight is 416 g/mol. The highest BCUT2D eigenvalue weighted by Gasteiger charge is 2.26. The van der Waals surface area contributed by atoms with E-state index >= 15 is 0 Å². The topological polar surface area (TPSA) is 45.2 Å². The Morgan fingerprint density at radius 3 is 2.50 bits per heavy atom. The van der Waals surface area contributed by atoms with Crippen LogP contribution in [0.3, 0.4) is 0 Å². The van der Waals surface area contributed by atoms with Gasteiger partial charge < -0.3 is 10.2 Å². The molecule has 0 radical (unpaired) electrons. The molecule has 1 fully saturated rings. The second-order valence-corrected chi connectivity index (χ2v) is 7.43. The summed E-state index contributed by atoms with van der Waals surface area (Å²) in [6, 6.07) is 10.1. The van der Waals surface area contributed by atoms with Crippen molar-refractivity contribution in [2.45, 2.75) is 26.2 Å². The molecule has 0 aliphatic carbocycles. The molecule has 0 saturated carbocycles. The Labute approximate surface area is 172 Å². The number of thiazole rings is 1. The third-order valence-electron chi connectivity index (χ3n) is 4.72. The van der Waals surface area contributed by atoms with Crippen LogP contribution in [0.4, 0.5) is 0 Å². The quantitative estimate of drug-likeness (QED) is 0.785. The molecular formula is C19H27Cl2N3OS. The first-order chi connectivity index (χ1) is 11.7. The number of aromatic nitrogens is 1. The third-order valence-corrected chi connectivity index (χ3v) is 5.91. The molecule has 1 N–H and O–H groups in total. The van der Waals surface area contributed by atoms with Crippen LogP contribution in [0.15, 0.2) is 30.3 Å². The molecule has 1 aliphatic rings. The fourth-order valence-electron chi connectivity index (χ4n) is 3.22. The predicted molar refractivity (Wildman–Crippen MR) is 114 cm³/mol. The van der Waals surface area contributed by atoms with E-state index < -0.39 is 0 Å². The lowest BCUT2D eigenvalue weighted by Gasteiger charge is -2.31. The van der Waals surface area contributed by atoms with Gasteiger partial charge >= 0.3 is 0 Å². The van der Waals surface area contributed by atoms with Crippen LogP contribution in [-0.4, -0.2) is 42.5 Å². The molecule has 0 bridgehead atoms. The van der Waals surface area contributed by atoms with Crippen molar-refractivity contribution in [2.75, 3.05) is 26.7 Å². The summed E-state index contributed by atoms with van der Waals surface area (Å²) in [5.74, 6) is 0.892. The van der Waals surface area contributed by atoms with Crippen molar-refractivity contribution >= 4 is 42.1 Å². The molecule has 4 nitrogen and oxygen atoms in total. The molecule has 1 aliphatic heterocycles. The van der Waals surface area contributed by atoms with Crippen LogP contribution in [0.1, 0.15) is 34.6 Å². The van der Waals surface area contributed by atoms with Gasteiger partial charge in [0.05, 0.1) is 5.69 Å². The van der Waals surface area contributed by atoms with E-state index in [1.165, 1.54) is 17.8 Å². The molecule has 144 valence electrons. The van der Waals surface area contributed by atoms with Crippen molar-refractivity contribution < 1.29 is 4.79 Å². The van der Waals surface area contributed by atoms with E-state index in [1.807, 2.05) is 49.2 Å². The molecular weight excluding hydrogens is 389 g/mol. The molecule has 0 atom stereocenters. The maximum absolute atomic E-state index is 12.9. The first-order valence-electron chi connectivity index (χ1n) is 8.65. The maximum Gasteiger partial charge on any atom is 0.265 e. The summed E-state index contributed by atoms with van der Waals surface area (Å²) in [5.41, 5.74) is 1.93. The molecule has 26 heavy (non-hydrogen) atoms. The van der Waals surface area contributed by atoms with Gasteiger partial charge in [0.1, 0.15) is 9.88 Å². The number of nitrogens with zero attached hydrogens (tertiary/aromatic N) is 2. The summed E-state index contributed by atoms with van der Waals surface area (Å²) in [4.78, 5) is 20.3. The zero-order chi connectivity index (χ0) is 16.9. The van der Waals surface area contributed by atoms with Crippen LogP contribution in [0.5, 0.6) is 0 Å². The van der Waals surface area contributed by atoms with Crippen molar-refractivity contribution in [1.29, 1.82) is 0 Å². The molecule has 0 spiro atoms. The third kappa shape index (κ3) is 5.43. The summed E-state index contributed by atoms with van der Waals surface area (Å²) in [6.07, 6.45) is 3.42. The number of halogens is 2. The zero-order valence-electron chi connectivity index (χ0n) is 15.2. The minimum absolute atomic E-state index is 0. The fraction of sp³-hybridized carbons (Fsp3) is 0.474. The predicted octanol–water partition coefficient (Wildman–Crippen LogP) is 4.42. The van der Waals surface area contributed by atoms with Crippen LogP contribution in [0.2, 0.25) is 0 Å². The molecule has 2 heterocycles. The highest BCUT2D eigenvalue weighted by atomic mass is 35.5. The van der Waals surface area contributed by atoms with Gasteiger partial charge in [-0.05, 0) is 45.7 Å². The maximum atomic E-state index is 12.9. The van der Waals surface area contributed by atoms with E-state index in [9.17, 15) is 4.79 Å². The van der Waals surface area contributed by atoms with Crippen molar-refractivity contribution in [3.8, 4) is 10.6 Å². The summed E-state index contributed by atoms with van der Waals surface area (Å²) < 4.78 is 0. The fourth-order valence-corrected chi connectivity index (χ4v) is 4.26. The Balaban J connectivity index is 0.00000169. The molecule has 7 heteroatoms. The normalized spacial score (nSPS) is 14.5. The highest BCUT2D eigenvalue weighted by Crippen LogP contribution is 2.30. The summed E-state index contributed by atoms with van der Waals surface area (Å²) >= 11 is 1.52. The number of rotatable bonds is 5. The van der Waals surface area contributed by atoms with E-state index in [0.717, 1.165) is 59.5 Å². The van der Waals surface area contributed by atoms with Crippen LogP contribution in [0.25, 0.3) is 10.6 Å². The Bertz CT molecular complexity index is 685. The lowest BCUT2D eigenvalue weighted by atomic mass is 9.93. The molecule has 1 amide bonds. The smallest absolute Gasteiger partial charge is 0.265 e. The molecule has 1 saturated heterocycles. The van der Waals surface area contributed by atoms with Gasteiger partial charge in [-0.15, -0.1) is 36.2 Å². The monoisotopic (exact) mass is 415 g/mol. The van der Waals surface area contributed by atoms with Gasteiger partial charge in [0, 0.05) is 18.7 Å². The van der Waals surface area contributed by atoms with Gasteiger partial charge in [-0.2, -0.15) is 0 Å². The van der Waals surface area contributed by atoms with Crippen LogP contribution in [-0.2, 0) is 0 Å². The van der Waals surface area contributed by atoms with Crippen molar-refractivity contribution in [2.24, 2.45) is 5.92 Å². The first kappa shape index (κ1) is 22.9. The first-order valence-corrected chi connectivity index (χ1v) is 9.47. The Morgan fingerprint density at radius 2 is 1.88 bits per heavy atom. The number of piperidine rings is 1. The van der Waals surface area contributed by atoms with Gasteiger partial charge in [-0.1, -0.05) is 30.3 Å². The highest BCUT2D eigenvalue weighted by molar-refractivity contribution is 7.17. The molecule has 1 aromatic carbocycles. The van der Waals surface area contributed by atoms with Crippen molar-refractivity contribution in [3.05, 3.63) is 40.9 Å². The lowest BCUT2D eigenvalue weighted by molar-refractivity contribution is 0.0691. The Morgan fingerprint density at radius 1 is 1.23 bits per heavy atom. The summed E-state index contributed by atoms with van der Waals surface area (Å²) in [7, 11) is 2.00. The zero-order valence-corrected chi connectivity index (χ0v) is 17.7. The van der Waals surface area contributed by atoms with Gasteiger partial charge in [0.2, 0.25) is 0 Å². The van der Waals surface area contributed by atoms with Crippen LogP contribution in [0, 0.1) is 12.8 Å². The van der Waals surface area contributed by atoms with Crippen molar-refractivity contribution in [1.82, 2.24) is 15.2 Å². The number of nitrogens with one attached hydrogen (secondary N) is 1. The van der Waals surface area contributed by atoms with E-state index in [1.54, 1.807) is 0 Å². The van der Waals surface area contributed by atoms with E-state index in [4.69, 9.17) is 0 Å². The molecule has 3 rings (SSSR count). The molecule has 1 aromatic heterocycles. The van der Waals surface area contributed by atoms with E-state index in [2.05, 4.69) is 10.3 Å². The minimum Gasteiger partial charge on any atom is -0.338 e. The van der Waals surface area contributed by atoms with Gasteiger partial charge in [-0.3, -0.25) is 4.79 Å². The number of aryl methyl sites for hydroxylation is 1. The Kier molecular flexibility index (Phi) is 9.58. The largest absolute Gasteiger partial charge is 0.338 e. The molecule has 2 aromatic rings. The number of hydrogen-bond donors (Lipinski definition) is 1. The SMILES string of the molecule is CNCCC1CCN(C(=O)c2sc(-c3ccccc3)nc2C)CC1.Cl.Cl. The van der Waals surface area contributed by atoms with Crippen LogP contribution >= 0.6 is 36.2 Å². The number of carbonyl (C=O) groups excluding carboxylic acids is 1. The Hall–Kier alpha value is -1.14. The average Bonchev–Trinajstić information content (AvgIpc) is 3.02. The minimum atomic E-state index is 0. The number of benzene rings is 1. The summed E-state index contributed by atoms with van der Waals surface area (Å²) in [5, 5.41) is 4.14. The number of amides is 1. The molecule has 0 unspecified atom stereocenters.